The molecule has 1 aliphatic carbocycles. The number of nitrogens with zero attached hydrogens (tertiary/aromatic N) is 1. The van der Waals surface area contributed by atoms with Crippen molar-refractivity contribution in [1.29, 1.82) is 0 Å². The van der Waals surface area contributed by atoms with Gasteiger partial charge >= 0.3 is 0 Å². The summed E-state index contributed by atoms with van der Waals surface area (Å²) in [5.74, 6) is 0.671. The molecule has 0 aromatic carbocycles. The number of rotatable bonds is 2. The molecule has 0 bridgehead atoms. The Balaban J connectivity index is 2.12. The Morgan fingerprint density at radius 3 is 3.00 bits per heavy atom. The molecule has 0 aromatic rings. The van der Waals surface area contributed by atoms with Crippen LogP contribution in [0, 0.1) is 0 Å². The summed E-state index contributed by atoms with van der Waals surface area (Å²) in [6.07, 6.45) is 11.1. The molecule has 0 spiro atoms. The Morgan fingerprint density at radius 1 is 1.56 bits per heavy atom. The molecule has 2 unspecified atom stereocenters. The fourth-order valence-electron chi connectivity index (χ4n) is 2.38. The van der Waals surface area contributed by atoms with Gasteiger partial charge in [-0.1, -0.05) is 18.2 Å². The van der Waals surface area contributed by atoms with Crippen LogP contribution in [-0.4, -0.2) is 22.9 Å². The van der Waals surface area contributed by atoms with Crippen LogP contribution in [0.4, 0.5) is 0 Å². The molecule has 0 radical (unpaired) electrons. The van der Waals surface area contributed by atoms with E-state index >= 15 is 0 Å². The van der Waals surface area contributed by atoms with Crippen LogP contribution in [0.2, 0.25) is 0 Å². The highest BCUT2D eigenvalue weighted by Crippen LogP contribution is 2.29. The Labute approximate surface area is 101 Å². The lowest BCUT2D eigenvalue weighted by molar-refractivity contribution is 0.352. The molecule has 3 nitrogen and oxygen atoms in total. The van der Waals surface area contributed by atoms with Crippen molar-refractivity contribution in [3.05, 3.63) is 35.8 Å². The second-order valence-electron chi connectivity index (χ2n) is 4.26. The van der Waals surface area contributed by atoms with Crippen molar-refractivity contribution in [2.45, 2.75) is 30.7 Å². The number of likely N-dealkylation sites (tertiary alicyclic amines) is 1. The molecule has 0 amide bonds. The first-order valence-electron chi connectivity index (χ1n) is 5.68. The number of alkyl halides is 1. The molecule has 1 aliphatic heterocycles. The second kappa shape index (κ2) is 4.83. The van der Waals surface area contributed by atoms with E-state index in [0.29, 0.717) is 11.9 Å². The third-order valence-electron chi connectivity index (χ3n) is 3.22. The molecule has 4 N–H and O–H groups in total. The highest BCUT2D eigenvalue weighted by Gasteiger charge is 2.27. The number of hydrogen-bond donors (Lipinski definition) is 2. The molecule has 88 valence electrons. The van der Waals surface area contributed by atoms with Gasteiger partial charge in [0, 0.05) is 12.7 Å². The summed E-state index contributed by atoms with van der Waals surface area (Å²) in [5, 5.41) is 0.140. The van der Waals surface area contributed by atoms with Gasteiger partial charge < -0.3 is 16.4 Å². The summed E-state index contributed by atoms with van der Waals surface area (Å²) >= 11 is 6.01. The molecule has 0 saturated carbocycles. The smallest absolute Gasteiger partial charge is 0.115 e. The average Bonchev–Trinajstić information content (AvgIpc) is 2.78. The summed E-state index contributed by atoms with van der Waals surface area (Å²) < 4.78 is 0. The molecule has 1 heterocycles. The normalized spacial score (nSPS) is 30.7. The van der Waals surface area contributed by atoms with Crippen molar-refractivity contribution in [1.82, 2.24) is 4.90 Å². The van der Waals surface area contributed by atoms with E-state index in [4.69, 9.17) is 23.1 Å². The van der Waals surface area contributed by atoms with E-state index in [1.807, 2.05) is 0 Å². The fourth-order valence-corrected chi connectivity index (χ4v) is 2.54. The van der Waals surface area contributed by atoms with Crippen molar-refractivity contribution in [3.63, 3.8) is 0 Å². The highest BCUT2D eigenvalue weighted by atomic mass is 35.5. The summed E-state index contributed by atoms with van der Waals surface area (Å²) in [6.45, 7) is 0.986. The zero-order valence-electron chi connectivity index (χ0n) is 9.27. The number of nitrogens with two attached hydrogens (primary N) is 2. The zero-order valence-corrected chi connectivity index (χ0v) is 10.0. The molecule has 2 atom stereocenters. The van der Waals surface area contributed by atoms with Crippen molar-refractivity contribution in [3.8, 4) is 0 Å². The van der Waals surface area contributed by atoms with Crippen LogP contribution in [-0.2, 0) is 0 Å². The first-order chi connectivity index (χ1) is 7.72. The van der Waals surface area contributed by atoms with Crippen LogP contribution in [0.3, 0.4) is 0 Å². The molecular weight excluding hydrogens is 222 g/mol. The topological polar surface area (TPSA) is 55.3 Å². The number of halogens is 1. The standard InChI is InChI=1S/C12H18ClN3/c13-10-5-3-9(4-6-10)11-2-1-7-16(11)12(15)8-14/h3-5,8,10-11H,1-2,6-7,14-15H2/b12-8+. The van der Waals surface area contributed by atoms with Crippen LogP contribution >= 0.6 is 11.6 Å². The largest absolute Gasteiger partial charge is 0.402 e. The van der Waals surface area contributed by atoms with Gasteiger partial charge in [0.1, 0.15) is 5.82 Å². The van der Waals surface area contributed by atoms with E-state index in [2.05, 4.69) is 23.1 Å². The highest BCUT2D eigenvalue weighted by molar-refractivity contribution is 6.22. The maximum absolute atomic E-state index is 6.01. The van der Waals surface area contributed by atoms with Gasteiger partial charge in [0.25, 0.3) is 0 Å². The van der Waals surface area contributed by atoms with Crippen LogP contribution in [0.1, 0.15) is 19.3 Å². The SMILES string of the molecule is N/C=C(\N)N1CCCC1C1=CCC(Cl)C=C1. The van der Waals surface area contributed by atoms with E-state index in [1.165, 1.54) is 11.8 Å². The number of hydrogen-bond acceptors (Lipinski definition) is 3. The van der Waals surface area contributed by atoms with E-state index in [9.17, 15) is 0 Å². The quantitative estimate of drug-likeness (QED) is 0.721. The van der Waals surface area contributed by atoms with Gasteiger partial charge in [-0.2, -0.15) is 0 Å². The first kappa shape index (κ1) is 11.4. The predicted molar refractivity (Wildman–Crippen MR) is 67.7 cm³/mol. The zero-order chi connectivity index (χ0) is 11.5. The average molecular weight is 240 g/mol. The molecule has 1 fully saturated rings. The van der Waals surface area contributed by atoms with Gasteiger partial charge in [-0.05, 0) is 24.8 Å². The van der Waals surface area contributed by atoms with Gasteiger partial charge in [0.2, 0.25) is 0 Å². The monoisotopic (exact) mass is 239 g/mol. The molecule has 4 heteroatoms. The molecule has 16 heavy (non-hydrogen) atoms. The van der Waals surface area contributed by atoms with E-state index in [0.717, 1.165) is 25.8 Å². The Morgan fingerprint density at radius 2 is 2.38 bits per heavy atom. The van der Waals surface area contributed by atoms with E-state index < -0.39 is 0 Å². The van der Waals surface area contributed by atoms with Crippen molar-refractivity contribution in [2.24, 2.45) is 11.5 Å². The molecule has 2 rings (SSSR count). The Bertz CT molecular complexity index is 346. The Hall–Kier alpha value is -1.09. The first-order valence-corrected chi connectivity index (χ1v) is 6.12. The van der Waals surface area contributed by atoms with Gasteiger partial charge in [-0.3, -0.25) is 0 Å². The third kappa shape index (κ3) is 2.19. The van der Waals surface area contributed by atoms with Crippen molar-refractivity contribution in [2.75, 3.05) is 6.54 Å². The third-order valence-corrected chi connectivity index (χ3v) is 3.54. The van der Waals surface area contributed by atoms with Crippen LogP contribution in [0.15, 0.2) is 35.8 Å². The summed E-state index contributed by atoms with van der Waals surface area (Å²) in [4.78, 5) is 2.17. The van der Waals surface area contributed by atoms with Crippen molar-refractivity contribution >= 4 is 11.6 Å². The lowest BCUT2D eigenvalue weighted by Gasteiger charge is -2.28. The Kier molecular flexibility index (Phi) is 3.44. The molecule has 1 saturated heterocycles. The van der Waals surface area contributed by atoms with Crippen LogP contribution in [0.25, 0.3) is 0 Å². The minimum atomic E-state index is 0.140. The maximum Gasteiger partial charge on any atom is 0.115 e. The summed E-state index contributed by atoms with van der Waals surface area (Å²) in [6, 6.07) is 0.375. The maximum atomic E-state index is 6.01. The van der Waals surface area contributed by atoms with E-state index in [1.54, 1.807) is 0 Å². The summed E-state index contributed by atoms with van der Waals surface area (Å²) in [7, 11) is 0. The number of allylic oxidation sites excluding steroid dienone is 2. The lowest BCUT2D eigenvalue weighted by Crippen LogP contribution is -2.34. The predicted octanol–water partition coefficient (Wildman–Crippen LogP) is 1.66. The summed E-state index contributed by atoms with van der Waals surface area (Å²) in [5.41, 5.74) is 12.7. The molecular formula is C12H18ClN3. The second-order valence-corrected chi connectivity index (χ2v) is 4.82. The lowest BCUT2D eigenvalue weighted by atomic mass is 9.98. The van der Waals surface area contributed by atoms with Gasteiger partial charge in [0.15, 0.2) is 0 Å². The van der Waals surface area contributed by atoms with Gasteiger partial charge in [-0.15, -0.1) is 11.6 Å². The van der Waals surface area contributed by atoms with E-state index in [-0.39, 0.29) is 5.38 Å². The molecule has 0 aromatic heterocycles. The minimum absolute atomic E-state index is 0.140. The van der Waals surface area contributed by atoms with Crippen LogP contribution < -0.4 is 11.5 Å². The van der Waals surface area contributed by atoms with Gasteiger partial charge in [-0.25, -0.2) is 0 Å². The van der Waals surface area contributed by atoms with Crippen LogP contribution in [0.5, 0.6) is 0 Å². The molecule has 2 aliphatic rings. The van der Waals surface area contributed by atoms with Crippen molar-refractivity contribution < 1.29 is 0 Å². The fraction of sp³-hybridized carbons (Fsp3) is 0.500. The van der Waals surface area contributed by atoms with Gasteiger partial charge in [0.05, 0.1) is 11.4 Å². The minimum Gasteiger partial charge on any atom is -0.402 e.